The first-order valence-corrected chi connectivity index (χ1v) is 9.30. The van der Waals surface area contributed by atoms with Crippen molar-refractivity contribution in [3.05, 3.63) is 58.7 Å². The highest BCUT2D eigenvalue weighted by atomic mass is 19.4. The molecule has 29 heavy (non-hydrogen) atoms. The maximum absolute atomic E-state index is 12.8. The summed E-state index contributed by atoms with van der Waals surface area (Å²) >= 11 is 0. The van der Waals surface area contributed by atoms with Crippen LogP contribution in [-0.2, 0) is 11.0 Å². The summed E-state index contributed by atoms with van der Waals surface area (Å²) in [4.78, 5) is 12.3. The highest BCUT2D eigenvalue weighted by Crippen LogP contribution is 2.32. The van der Waals surface area contributed by atoms with Crippen LogP contribution in [0.1, 0.15) is 55.0 Å². The van der Waals surface area contributed by atoms with Gasteiger partial charge in [-0.3, -0.25) is 4.79 Å². The molecule has 0 aliphatic carbocycles. The molecule has 1 amide bonds. The fraction of sp³-hybridized carbons (Fsp3) is 0.409. The van der Waals surface area contributed by atoms with Crippen molar-refractivity contribution in [3.63, 3.8) is 0 Å². The standard InChI is InChI=1S/C22H26F3NO3/c1-13(2)18-11-19(14(3)9-20(18)28-5)15(4)26-21(27)12-29-17-8-6-7-16(10-17)22(23,24)25/h6-11,13,15H,12H2,1-5H3,(H,26,27)/t15-/m0/s1. The zero-order chi connectivity index (χ0) is 21.8. The van der Waals surface area contributed by atoms with Crippen LogP contribution in [0.2, 0.25) is 0 Å². The molecule has 0 aliphatic rings. The first-order valence-electron chi connectivity index (χ1n) is 9.30. The van der Waals surface area contributed by atoms with E-state index in [9.17, 15) is 18.0 Å². The van der Waals surface area contributed by atoms with Crippen LogP contribution in [0.4, 0.5) is 13.2 Å². The Labute approximate surface area is 169 Å². The fourth-order valence-corrected chi connectivity index (χ4v) is 3.08. The predicted molar refractivity (Wildman–Crippen MR) is 105 cm³/mol. The number of aryl methyl sites for hydroxylation is 1. The van der Waals surface area contributed by atoms with Gasteiger partial charge in [0.2, 0.25) is 0 Å². The van der Waals surface area contributed by atoms with Crippen molar-refractivity contribution in [1.29, 1.82) is 0 Å². The number of hydrogen-bond acceptors (Lipinski definition) is 3. The first kappa shape index (κ1) is 22.6. The van der Waals surface area contributed by atoms with Gasteiger partial charge in [0.05, 0.1) is 18.7 Å². The molecule has 0 heterocycles. The maximum atomic E-state index is 12.8. The van der Waals surface area contributed by atoms with Gasteiger partial charge in [0.1, 0.15) is 11.5 Å². The largest absolute Gasteiger partial charge is 0.496 e. The van der Waals surface area contributed by atoms with E-state index in [0.717, 1.165) is 34.6 Å². The van der Waals surface area contributed by atoms with Crippen molar-refractivity contribution < 1.29 is 27.4 Å². The van der Waals surface area contributed by atoms with Crippen molar-refractivity contribution >= 4 is 5.91 Å². The Hall–Kier alpha value is -2.70. The molecule has 0 aromatic heterocycles. The summed E-state index contributed by atoms with van der Waals surface area (Å²) in [5.41, 5.74) is 2.13. The van der Waals surface area contributed by atoms with Gasteiger partial charge in [-0.05, 0) is 66.8 Å². The summed E-state index contributed by atoms with van der Waals surface area (Å²) in [5, 5.41) is 2.83. The average Bonchev–Trinajstić information content (AvgIpc) is 2.65. The molecule has 0 saturated carbocycles. The number of hydrogen-bond donors (Lipinski definition) is 1. The zero-order valence-corrected chi connectivity index (χ0v) is 17.2. The number of carbonyl (C=O) groups is 1. The lowest BCUT2D eigenvalue weighted by Gasteiger charge is -2.21. The fourth-order valence-electron chi connectivity index (χ4n) is 3.08. The molecule has 0 saturated heterocycles. The summed E-state index contributed by atoms with van der Waals surface area (Å²) in [5.74, 6) is 0.616. The SMILES string of the molecule is COc1cc(C)c([C@H](C)NC(=O)COc2cccc(C(F)(F)F)c2)cc1C(C)C. The van der Waals surface area contributed by atoms with Gasteiger partial charge in [-0.1, -0.05) is 19.9 Å². The number of methoxy groups -OCH3 is 1. The Bertz CT molecular complexity index is 863. The topological polar surface area (TPSA) is 47.6 Å². The maximum Gasteiger partial charge on any atom is 0.416 e. The van der Waals surface area contributed by atoms with E-state index in [4.69, 9.17) is 9.47 Å². The number of ether oxygens (including phenoxy) is 2. The number of carbonyl (C=O) groups excluding carboxylic acids is 1. The molecule has 0 radical (unpaired) electrons. The number of amides is 1. The molecule has 7 heteroatoms. The molecule has 0 spiro atoms. The Morgan fingerprint density at radius 2 is 1.79 bits per heavy atom. The molecular weight excluding hydrogens is 383 g/mol. The molecule has 0 unspecified atom stereocenters. The second kappa shape index (κ2) is 9.20. The van der Waals surface area contributed by atoms with Crippen molar-refractivity contribution in [2.45, 2.75) is 45.8 Å². The number of benzene rings is 2. The van der Waals surface area contributed by atoms with E-state index < -0.39 is 17.6 Å². The summed E-state index contributed by atoms with van der Waals surface area (Å²) < 4.78 is 49.0. The van der Waals surface area contributed by atoms with Gasteiger partial charge in [-0.15, -0.1) is 0 Å². The van der Waals surface area contributed by atoms with Gasteiger partial charge in [-0.25, -0.2) is 0 Å². The van der Waals surface area contributed by atoms with E-state index in [0.29, 0.717) is 0 Å². The van der Waals surface area contributed by atoms with Crippen LogP contribution in [-0.4, -0.2) is 19.6 Å². The minimum absolute atomic E-state index is 0.00894. The molecule has 0 aliphatic heterocycles. The van der Waals surface area contributed by atoms with E-state index in [2.05, 4.69) is 19.2 Å². The molecule has 1 atom stereocenters. The van der Waals surface area contributed by atoms with Crippen LogP contribution in [0, 0.1) is 6.92 Å². The normalized spacial score (nSPS) is 12.6. The molecule has 2 aromatic rings. The Morgan fingerprint density at radius 3 is 2.38 bits per heavy atom. The van der Waals surface area contributed by atoms with Crippen molar-refractivity contribution in [2.24, 2.45) is 0 Å². The number of alkyl halides is 3. The highest BCUT2D eigenvalue weighted by molar-refractivity contribution is 5.78. The van der Waals surface area contributed by atoms with Gasteiger partial charge >= 0.3 is 6.18 Å². The highest BCUT2D eigenvalue weighted by Gasteiger charge is 2.30. The third-order valence-electron chi connectivity index (χ3n) is 4.62. The van der Waals surface area contributed by atoms with Crippen LogP contribution in [0.5, 0.6) is 11.5 Å². The molecule has 2 aromatic carbocycles. The van der Waals surface area contributed by atoms with Crippen LogP contribution in [0.3, 0.4) is 0 Å². The van der Waals surface area contributed by atoms with E-state index in [-0.39, 0.29) is 24.3 Å². The Kier molecular flexibility index (Phi) is 7.16. The van der Waals surface area contributed by atoms with Crippen molar-refractivity contribution in [3.8, 4) is 11.5 Å². The number of rotatable bonds is 7. The molecule has 4 nitrogen and oxygen atoms in total. The third-order valence-corrected chi connectivity index (χ3v) is 4.62. The summed E-state index contributed by atoms with van der Waals surface area (Å²) in [7, 11) is 1.62. The summed E-state index contributed by atoms with van der Waals surface area (Å²) in [6.45, 7) is 7.52. The molecular formula is C22H26F3NO3. The van der Waals surface area contributed by atoms with Crippen LogP contribution >= 0.6 is 0 Å². The van der Waals surface area contributed by atoms with Gasteiger partial charge in [0, 0.05) is 0 Å². The van der Waals surface area contributed by atoms with E-state index in [1.165, 1.54) is 12.1 Å². The number of halogens is 3. The lowest BCUT2D eigenvalue weighted by molar-refractivity contribution is -0.137. The predicted octanol–water partition coefficient (Wildman–Crippen LogP) is 5.40. The van der Waals surface area contributed by atoms with Gasteiger partial charge in [0.15, 0.2) is 6.61 Å². The van der Waals surface area contributed by atoms with Crippen LogP contribution in [0.25, 0.3) is 0 Å². The quantitative estimate of drug-likeness (QED) is 0.666. The molecule has 0 bridgehead atoms. The molecule has 2 rings (SSSR count). The van der Waals surface area contributed by atoms with E-state index in [1.54, 1.807) is 7.11 Å². The van der Waals surface area contributed by atoms with E-state index in [1.807, 2.05) is 26.0 Å². The Morgan fingerprint density at radius 1 is 1.10 bits per heavy atom. The second-order valence-electron chi connectivity index (χ2n) is 7.21. The van der Waals surface area contributed by atoms with E-state index >= 15 is 0 Å². The summed E-state index contributed by atoms with van der Waals surface area (Å²) in [6.07, 6.45) is -4.46. The lowest BCUT2D eigenvalue weighted by Crippen LogP contribution is -2.31. The van der Waals surface area contributed by atoms with Gasteiger partial charge in [0.25, 0.3) is 5.91 Å². The first-order chi connectivity index (χ1) is 13.5. The monoisotopic (exact) mass is 409 g/mol. The average molecular weight is 409 g/mol. The smallest absolute Gasteiger partial charge is 0.416 e. The zero-order valence-electron chi connectivity index (χ0n) is 17.2. The summed E-state index contributed by atoms with van der Waals surface area (Å²) in [6, 6.07) is 8.11. The molecule has 0 fully saturated rings. The van der Waals surface area contributed by atoms with Crippen molar-refractivity contribution in [1.82, 2.24) is 5.32 Å². The van der Waals surface area contributed by atoms with Crippen LogP contribution < -0.4 is 14.8 Å². The third kappa shape index (κ3) is 5.89. The number of nitrogens with one attached hydrogen (secondary N) is 1. The minimum Gasteiger partial charge on any atom is -0.496 e. The Balaban J connectivity index is 2.05. The lowest BCUT2D eigenvalue weighted by atomic mass is 9.93. The molecule has 158 valence electrons. The van der Waals surface area contributed by atoms with Gasteiger partial charge < -0.3 is 14.8 Å². The molecule has 1 N–H and O–H groups in total. The second-order valence-corrected chi connectivity index (χ2v) is 7.21. The van der Waals surface area contributed by atoms with Gasteiger partial charge in [-0.2, -0.15) is 13.2 Å². The van der Waals surface area contributed by atoms with Crippen LogP contribution in [0.15, 0.2) is 36.4 Å². The van der Waals surface area contributed by atoms with Crippen molar-refractivity contribution in [2.75, 3.05) is 13.7 Å². The minimum atomic E-state index is -4.46.